The van der Waals surface area contributed by atoms with E-state index in [-0.39, 0.29) is 18.8 Å². The van der Waals surface area contributed by atoms with E-state index in [2.05, 4.69) is 9.55 Å². The van der Waals surface area contributed by atoms with Crippen LogP contribution in [0.5, 0.6) is 0 Å². The summed E-state index contributed by atoms with van der Waals surface area (Å²) in [5.41, 5.74) is 4.45. The molecule has 140 valence electrons. The molecule has 0 atom stereocenters. The molecule has 0 aromatic carbocycles. The van der Waals surface area contributed by atoms with Gasteiger partial charge in [-0.25, -0.2) is 4.98 Å². The Kier molecular flexibility index (Phi) is 4.97. The fourth-order valence-electron chi connectivity index (χ4n) is 3.28. The SMILES string of the molecule is Cc1cc(C(=O)COC(=O)Cc2csc(-c3ccsc3)n2)c(C)n1C1CC1. The van der Waals surface area contributed by atoms with Crippen LogP contribution < -0.4 is 0 Å². The molecule has 0 unspecified atom stereocenters. The third kappa shape index (κ3) is 3.89. The van der Waals surface area contributed by atoms with Crippen molar-refractivity contribution in [3.8, 4) is 10.6 Å². The number of aryl methyl sites for hydroxylation is 1. The Balaban J connectivity index is 1.34. The van der Waals surface area contributed by atoms with Crippen LogP contribution >= 0.6 is 22.7 Å². The predicted molar refractivity (Wildman–Crippen MR) is 107 cm³/mol. The summed E-state index contributed by atoms with van der Waals surface area (Å²) in [5, 5.41) is 6.77. The molecule has 0 spiro atoms. The second kappa shape index (κ2) is 7.40. The van der Waals surface area contributed by atoms with Crippen LogP contribution in [0.1, 0.15) is 46.3 Å². The Labute approximate surface area is 165 Å². The number of ketones is 1. The molecular weight excluding hydrogens is 380 g/mol. The molecule has 0 saturated heterocycles. The Morgan fingerprint density at radius 2 is 2.11 bits per heavy atom. The quantitative estimate of drug-likeness (QED) is 0.430. The lowest BCUT2D eigenvalue weighted by atomic mass is 10.1. The number of ether oxygens (including phenoxy) is 1. The number of carbonyl (C=O) groups excluding carboxylic acids is 2. The molecule has 3 aromatic heterocycles. The van der Waals surface area contributed by atoms with E-state index >= 15 is 0 Å². The number of hydrogen-bond acceptors (Lipinski definition) is 6. The largest absolute Gasteiger partial charge is 0.457 e. The maximum absolute atomic E-state index is 12.5. The molecule has 3 heterocycles. The summed E-state index contributed by atoms with van der Waals surface area (Å²) in [6.45, 7) is 3.75. The lowest BCUT2D eigenvalue weighted by Crippen LogP contribution is -2.16. The van der Waals surface area contributed by atoms with Crippen molar-refractivity contribution in [1.29, 1.82) is 0 Å². The Morgan fingerprint density at radius 1 is 1.30 bits per heavy atom. The van der Waals surface area contributed by atoms with Crippen LogP contribution in [0.2, 0.25) is 0 Å². The highest BCUT2D eigenvalue weighted by Crippen LogP contribution is 2.38. The second-order valence-electron chi connectivity index (χ2n) is 6.80. The zero-order chi connectivity index (χ0) is 19.0. The first kappa shape index (κ1) is 18.1. The van der Waals surface area contributed by atoms with E-state index < -0.39 is 5.97 Å². The van der Waals surface area contributed by atoms with Crippen LogP contribution in [0.4, 0.5) is 0 Å². The molecule has 0 aliphatic heterocycles. The van der Waals surface area contributed by atoms with Crippen molar-refractivity contribution in [2.24, 2.45) is 0 Å². The maximum atomic E-state index is 12.5. The van der Waals surface area contributed by atoms with Crippen molar-refractivity contribution in [2.75, 3.05) is 6.61 Å². The summed E-state index contributed by atoms with van der Waals surface area (Å²) < 4.78 is 7.43. The van der Waals surface area contributed by atoms with Gasteiger partial charge in [0.2, 0.25) is 5.78 Å². The van der Waals surface area contributed by atoms with Gasteiger partial charge in [-0.2, -0.15) is 11.3 Å². The van der Waals surface area contributed by atoms with Gasteiger partial charge in [0.25, 0.3) is 0 Å². The van der Waals surface area contributed by atoms with Gasteiger partial charge in [-0.15, -0.1) is 11.3 Å². The van der Waals surface area contributed by atoms with E-state index in [0.29, 0.717) is 17.3 Å². The molecule has 1 saturated carbocycles. The summed E-state index contributed by atoms with van der Waals surface area (Å²) in [5.74, 6) is -0.581. The van der Waals surface area contributed by atoms with Crippen LogP contribution in [-0.4, -0.2) is 27.9 Å². The molecule has 4 rings (SSSR count). The van der Waals surface area contributed by atoms with Gasteiger partial charge in [0.05, 0.1) is 12.1 Å². The first-order chi connectivity index (χ1) is 13.0. The van der Waals surface area contributed by atoms with E-state index in [1.807, 2.05) is 42.1 Å². The molecule has 1 fully saturated rings. The minimum atomic E-state index is -0.429. The standard InChI is InChI=1S/C20H20N2O3S2/c1-12-7-17(13(2)22(12)16-3-4-16)18(23)9-25-19(24)8-15-11-27-20(21-15)14-5-6-26-10-14/h5-7,10-11,16H,3-4,8-9H2,1-2H3. The van der Waals surface area contributed by atoms with Crippen molar-refractivity contribution >= 4 is 34.4 Å². The second-order valence-corrected chi connectivity index (χ2v) is 8.44. The normalized spacial score (nSPS) is 13.7. The van der Waals surface area contributed by atoms with Crippen LogP contribution in [0.3, 0.4) is 0 Å². The van der Waals surface area contributed by atoms with Gasteiger partial charge in [0, 0.05) is 39.3 Å². The molecule has 7 heteroatoms. The first-order valence-electron chi connectivity index (χ1n) is 8.87. The minimum Gasteiger partial charge on any atom is -0.457 e. The smallest absolute Gasteiger partial charge is 0.312 e. The van der Waals surface area contributed by atoms with E-state index in [0.717, 1.165) is 22.0 Å². The molecule has 0 bridgehead atoms. The van der Waals surface area contributed by atoms with Crippen LogP contribution in [-0.2, 0) is 16.0 Å². The highest BCUT2D eigenvalue weighted by molar-refractivity contribution is 7.14. The molecule has 27 heavy (non-hydrogen) atoms. The van der Waals surface area contributed by atoms with Crippen molar-refractivity contribution < 1.29 is 14.3 Å². The molecule has 0 N–H and O–H groups in total. The van der Waals surface area contributed by atoms with Crippen LogP contribution in [0.15, 0.2) is 28.3 Å². The summed E-state index contributed by atoms with van der Waals surface area (Å²) in [6, 6.07) is 4.43. The number of rotatable bonds is 7. The zero-order valence-electron chi connectivity index (χ0n) is 15.2. The summed E-state index contributed by atoms with van der Waals surface area (Å²) in [4.78, 5) is 29.1. The molecule has 5 nitrogen and oxygen atoms in total. The maximum Gasteiger partial charge on any atom is 0.312 e. The van der Waals surface area contributed by atoms with Crippen LogP contribution in [0, 0.1) is 13.8 Å². The lowest BCUT2D eigenvalue weighted by molar-refractivity contribution is -0.141. The Bertz CT molecular complexity index is 981. The van der Waals surface area contributed by atoms with Gasteiger partial charge in [0.15, 0.2) is 6.61 Å². The van der Waals surface area contributed by atoms with Gasteiger partial charge >= 0.3 is 5.97 Å². The van der Waals surface area contributed by atoms with E-state index in [9.17, 15) is 9.59 Å². The molecule has 1 aliphatic carbocycles. The summed E-state index contributed by atoms with van der Waals surface area (Å²) in [7, 11) is 0. The molecule has 3 aromatic rings. The Morgan fingerprint density at radius 3 is 2.81 bits per heavy atom. The number of aromatic nitrogens is 2. The minimum absolute atomic E-state index is 0.0784. The summed E-state index contributed by atoms with van der Waals surface area (Å²) in [6.07, 6.45) is 2.41. The van der Waals surface area contributed by atoms with Gasteiger partial charge in [-0.3, -0.25) is 9.59 Å². The molecule has 0 amide bonds. The van der Waals surface area contributed by atoms with Crippen molar-refractivity contribution in [3.05, 3.63) is 50.9 Å². The van der Waals surface area contributed by atoms with Gasteiger partial charge < -0.3 is 9.30 Å². The number of Topliss-reactive ketones (excluding diaryl/α,β-unsaturated/α-hetero) is 1. The number of nitrogens with zero attached hydrogens (tertiary/aromatic N) is 2. The number of thiazole rings is 1. The molecule has 0 radical (unpaired) electrons. The van der Waals surface area contributed by atoms with Gasteiger partial charge in [-0.1, -0.05) is 0 Å². The van der Waals surface area contributed by atoms with Crippen molar-refractivity contribution in [1.82, 2.24) is 9.55 Å². The average Bonchev–Trinajstić information content (AvgIpc) is 3.05. The summed E-state index contributed by atoms with van der Waals surface area (Å²) >= 11 is 3.12. The third-order valence-electron chi connectivity index (χ3n) is 4.71. The van der Waals surface area contributed by atoms with E-state index in [1.54, 1.807) is 11.3 Å². The highest BCUT2D eigenvalue weighted by atomic mass is 32.1. The zero-order valence-corrected chi connectivity index (χ0v) is 16.9. The third-order valence-corrected chi connectivity index (χ3v) is 6.33. The number of carbonyl (C=O) groups is 2. The molecule has 1 aliphatic rings. The number of esters is 1. The topological polar surface area (TPSA) is 61.2 Å². The fraction of sp³-hybridized carbons (Fsp3) is 0.350. The number of hydrogen-bond donors (Lipinski definition) is 0. The monoisotopic (exact) mass is 400 g/mol. The number of thiophene rings is 1. The first-order valence-corrected chi connectivity index (χ1v) is 10.7. The van der Waals surface area contributed by atoms with Crippen molar-refractivity contribution in [2.45, 2.75) is 39.2 Å². The van der Waals surface area contributed by atoms with Gasteiger partial charge in [0.1, 0.15) is 5.01 Å². The molecular formula is C20H20N2O3S2. The average molecular weight is 401 g/mol. The van der Waals surface area contributed by atoms with E-state index in [1.165, 1.54) is 24.2 Å². The van der Waals surface area contributed by atoms with E-state index in [4.69, 9.17) is 4.74 Å². The van der Waals surface area contributed by atoms with Gasteiger partial charge in [-0.05, 0) is 44.2 Å². The van der Waals surface area contributed by atoms with Crippen molar-refractivity contribution in [3.63, 3.8) is 0 Å². The fourth-order valence-corrected chi connectivity index (χ4v) is 4.82. The predicted octanol–water partition coefficient (Wildman–Crippen LogP) is 4.59. The Hall–Kier alpha value is -2.25. The van der Waals surface area contributed by atoms with Crippen LogP contribution in [0.25, 0.3) is 10.6 Å². The lowest BCUT2D eigenvalue weighted by Gasteiger charge is -2.07. The highest BCUT2D eigenvalue weighted by Gasteiger charge is 2.28.